The molecule has 0 unspecified atom stereocenters. The molecule has 0 bridgehead atoms. The second kappa shape index (κ2) is 9.81. The van der Waals surface area contributed by atoms with E-state index in [0.717, 1.165) is 5.56 Å². The summed E-state index contributed by atoms with van der Waals surface area (Å²) in [4.78, 5) is 37.6. The Balaban J connectivity index is 2.55. The lowest BCUT2D eigenvalue weighted by Crippen LogP contribution is -2.49. The molecule has 2 amide bonds. The Morgan fingerprint density at radius 1 is 1.08 bits per heavy atom. The van der Waals surface area contributed by atoms with Crippen LogP contribution >= 0.6 is 0 Å². The maximum absolute atomic E-state index is 12.2. The van der Waals surface area contributed by atoms with Gasteiger partial charge in [-0.1, -0.05) is 18.2 Å². The van der Waals surface area contributed by atoms with E-state index in [1.165, 1.54) is 7.11 Å². The summed E-state index contributed by atoms with van der Waals surface area (Å²) in [5, 5.41) is 2.66. The van der Waals surface area contributed by atoms with Crippen molar-refractivity contribution >= 4 is 17.8 Å². The van der Waals surface area contributed by atoms with Gasteiger partial charge >= 0.3 is 17.8 Å². The average molecular weight is 348 g/mol. The third-order valence-corrected chi connectivity index (χ3v) is 3.87. The topological polar surface area (TPSA) is 75.7 Å². The van der Waals surface area contributed by atoms with Gasteiger partial charge in [0.2, 0.25) is 0 Å². The lowest BCUT2D eigenvalue weighted by atomic mass is 10.0. The Bertz CT molecular complexity index is 603. The largest absolute Gasteiger partial charge is 0.465 e. The van der Waals surface area contributed by atoms with Crippen molar-refractivity contribution in [2.24, 2.45) is 0 Å². The van der Waals surface area contributed by atoms with Crippen LogP contribution in [0.5, 0.6) is 0 Å². The van der Waals surface area contributed by atoms with Gasteiger partial charge in [-0.05, 0) is 52.2 Å². The zero-order chi connectivity index (χ0) is 19.0. The fourth-order valence-corrected chi connectivity index (χ4v) is 2.79. The molecule has 0 saturated carbocycles. The molecule has 1 aromatic carbocycles. The molecule has 0 atom stereocenters. The second-order valence-electron chi connectivity index (χ2n) is 6.41. The first-order valence-electron chi connectivity index (χ1n) is 8.56. The Labute approximate surface area is 149 Å². The lowest BCUT2D eigenvalue weighted by Gasteiger charge is -2.29. The SMILES string of the molecule is COC(=O)c1ccccc1CCCNC(=O)C(=O)N(C(C)C)C(C)C. The zero-order valence-electron chi connectivity index (χ0n) is 15.7. The van der Waals surface area contributed by atoms with Gasteiger partial charge in [0.05, 0.1) is 12.7 Å². The van der Waals surface area contributed by atoms with E-state index in [1.807, 2.05) is 39.8 Å². The van der Waals surface area contributed by atoms with Crippen LogP contribution in [0.1, 0.15) is 50.0 Å². The van der Waals surface area contributed by atoms with Gasteiger partial charge in [0.25, 0.3) is 0 Å². The van der Waals surface area contributed by atoms with E-state index in [4.69, 9.17) is 4.74 Å². The smallest absolute Gasteiger partial charge is 0.338 e. The molecule has 1 rings (SSSR count). The van der Waals surface area contributed by atoms with Crippen LogP contribution in [-0.4, -0.2) is 48.4 Å². The number of aryl methyl sites for hydroxylation is 1. The molecule has 0 heterocycles. The van der Waals surface area contributed by atoms with Gasteiger partial charge in [0.1, 0.15) is 0 Å². The summed E-state index contributed by atoms with van der Waals surface area (Å²) in [5.74, 6) is -1.48. The quantitative estimate of drug-likeness (QED) is 0.465. The van der Waals surface area contributed by atoms with E-state index in [0.29, 0.717) is 24.9 Å². The first-order valence-corrected chi connectivity index (χ1v) is 8.56. The van der Waals surface area contributed by atoms with Crippen molar-refractivity contribution in [2.75, 3.05) is 13.7 Å². The number of hydrogen-bond acceptors (Lipinski definition) is 4. The fraction of sp³-hybridized carbons (Fsp3) is 0.526. The summed E-state index contributed by atoms with van der Waals surface area (Å²) in [6, 6.07) is 7.14. The lowest BCUT2D eigenvalue weighted by molar-refractivity contribution is -0.148. The molecule has 0 spiro atoms. The van der Waals surface area contributed by atoms with Crippen molar-refractivity contribution in [1.82, 2.24) is 10.2 Å². The molecule has 6 nitrogen and oxygen atoms in total. The molecule has 0 aliphatic heterocycles. The molecule has 0 aromatic heterocycles. The van der Waals surface area contributed by atoms with E-state index >= 15 is 0 Å². The van der Waals surface area contributed by atoms with Crippen LogP contribution in [0.4, 0.5) is 0 Å². The Kier molecular flexibility index (Phi) is 8.11. The highest BCUT2D eigenvalue weighted by molar-refractivity contribution is 6.35. The molecule has 0 aliphatic rings. The van der Waals surface area contributed by atoms with Crippen LogP contribution in [-0.2, 0) is 20.7 Å². The molecule has 0 radical (unpaired) electrons. The van der Waals surface area contributed by atoms with Crippen LogP contribution in [0.2, 0.25) is 0 Å². The number of nitrogens with zero attached hydrogens (tertiary/aromatic N) is 1. The van der Waals surface area contributed by atoms with Crippen LogP contribution in [0.15, 0.2) is 24.3 Å². The van der Waals surface area contributed by atoms with Crippen molar-refractivity contribution in [3.63, 3.8) is 0 Å². The molecule has 138 valence electrons. The van der Waals surface area contributed by atoms with Gasteiger partial charge in [0, 0.05) is 18.6 Å². The monoisotopic (exact) mass is 348 g/mol. The second-order valence-corrected chi connectivity index (χ2v) is 6.41. The highest BCUT2D eigenvalue weighted by Gasteiger charge is 2.25. The third-order valence-electron chi connectivity index (χ3n) is 3.87. The Morgan fingerprint density at radius 3 is 2.24 bits per heavy atom. The number of carbonyl (C=O) groups is 3. The van der Waals surface area contributed by atoms with Gasteiger partial charge in [-0.25, -0.2) is 4.79 Å². The van der Waals surface area contributed by atoms with Gasteiger partial charge < -0.3 is 15.0 Å². The van der Waals surface area contributed by atoms with Crippen LogP contribution in [0.25, 0.3) is 0 Å². The maximum Gasteiger partial charge on any atom is 0.338 e. The van der Waals surface area contributed by atoms with Crippen LogP contribution in [0.3, 0.4) is 0 Å². The number of carbonyl (C=O) groups excluding carboxylic acids is 3. The number of ether oxygens (including phenoxy) is 1. The van der Waals surface area contributed by atoms with E-state index in [2.05, 4.69) is 5.32 Å². The molecule has 0 fully saturated rings. The number of benzene rings is 1. The minimum atomic E-state index is -0.594. The average Bonchev–Trinajstić information content (AvgIpc) is 2.57. The van der Waals surface area contributed by atoms with Gasteiger partial charge in [0.15, 0.2) is 0 Å². The third kappa shape index (κ3) is 5.89. The highest BCUT2D eigenvalue weighted by atomic mass is 16.5. The van der Waals surface area contributed by atoms with Crippen molar-refractivity contribution in [1.29, 1.82) is 0 Å². The summed E-state index contributed by atoms with van der Waals surface area (Å²) in [6.07, 6.45) is 1.23. The van der Waals surface area contributed by atoms with Crippen molar-refractivity contribution in [3.05, 3.63) is 35.4 Å². The number of esters is 1. The minimum Gasteiger partial charge on any atom is -0.465 e. The number of methoxy groups -OCH3 is 1. The summed E-state index contributed by atoms with van der Waals surface area (Å²) in [7, 11) is 1.35. The number of hydrogen-bond donors (Lipinski definition) is 1. The predicted octanol–water partition coefficient (Wildman–Crippen LogP) is 2.17. The van der Waals surface area contributed by atoms with Gasteiger partial charge in [-0.2, -0.15) is 0 Å². The Morgan fingerprint density at radius 2 is 1.68 bits per heavy atom. The molecule has 0 aliphatic carbocycles. The highest BCUT2D eigenvalue weighted by Crippen LogP contribution is 2.12. The van der Waals surface area contributed by atoms with Crippen LogP contribution in [0, 0.1) is 0 Å². The van der Waals surface area contributed by atoms with Crippen molar-refractivity contribution < 1.29 is 19.1 Å². The predicted molar refractivity (Wildman–Crippen MR) is 96.2 cm³/mol. The first kappa shape index (κ1) is 20.7. The number of rotatable bonds is 7. The van der Waals surface area contributed by atoms with Crippen LogP contribution < -0.4 is 5.32 Å². The van der Waals surface area contributed by atoms with E-state index in [1.54, 1.807) is 17.0 Å². The Hall–Kier alpha value is -2.37. The van der Waals surface area contributed by atoms with E-state index in [-0.39, 0.29) is 18.1 Å². The zero-order valence-corrected chi connectivity index (χ0v) is 15.7. The molecule has 25 heavy (non-hydrogen) atoms. The van der Waals surface area contributed by atoms with E-state index < -0.39 is 11.8 Å². The summed E-state index contributed by atoms with van der Waals surface area (Å²) >= 11 is 0. The molecule has 1 N–H and O–H groups in total. The van der Waals surface area contributed by atoms with E-state index in [9.17, 15) is 14.4 Å². The normalized spacial score (nSPS) is 10.7. The number of nitrogens with one attached hydrogen (secondary N) is 1. The maximum atomic E-state index is 12.2. The number of amides is 2. The van der Waals surface area contributed by atoms with Crippen molar-refractivity contribution in [3.8, 4) is 0 Å². The van der Waals surface area contributed by atoms with Crippen molar-refractivity contribution in [2.45, 2.75) is 52.6 Å². The summed E-state index contributed by atoms with van der Waals surface area (Å²) in [6.45, 7) is 7.90. The standard InChI is InChI=1S/C19H28N2O4/c1-13(2)21(14(3)4)18(23)17(22)20-12-8-10-15-9-6-7-11-16(15)19(24)25-5/h6-7,9,11,13-14H,8,10,12H2,1-5H3,(H,20,22). The molecule has 0 saturated heterocycles. The molecule has 6 heteroatoms. The molecular formula is C19H28N2O4. The molecule has 1 aromatic rings. The molecular weight excluding hydrogens is 320 g/mol. The fourth-order valence-electron chi connectivity index (χ4n) is 2.79. The van der Waals surface area contributed by atoms with Gasteiger partial charge in [-0.3, -0.25) is 9.59 Å². The summed E-state index contributed by atoms with van der Waals surface area (Å²) < 4.78 is 4.77. The van der Waals surface area contributed by atoms with Gasteiger partial charge in [-0.15, -0.1) is 0 Å². The minimum absolute atomic E-state index is 0.0369. The first-order chi connectivity index (χ1) is 11.8. The summed E-state index contributed by atoms with van der Waals surface area (Å²) in [5.41, 5.74) is 1.39.